The smallest absolute Gasteiger partial charge is 0.294 e. The average molecular weight is 497 g/mol. The van der Waals surface area contributed by atoms with E-state index < -0.39 is 0 Å². The van der Waals surface area contributed by atoms with Gasteiger partial charge in [-0.15, -0.1) is 5.10 Å². The van der Waals surface area contributed by atoms with E-state index in [1.54, 1.807) is 30.9 Å². The monoisotopic (exact) mass is 496 g/mol. The zero-order valence-corrected chi connectivity index (χ0v) is 20.2. The van der Waals surface area contributed by atoms with Crippen molar-refractivity contribution in [3.8, 4) is 28.1 Å². The lowest BCUT2D eigenvalue weighted by molar-refractivity contribution is 0.307. The summed E-state index contributed by atoms with van der Waals surface area (Å²) in [6, 6.07) is 12.0. The fraction of sp³-hybridized carbons (Fsp3) is 0.280. The van der Waals surface area contributed by atoms with Crippen LogP contribution in [0.3, 0.4) is 0 Å². The number of hydrogen-bond donors (Lipinski definition) is 1. The van der Waals surface area contributed by atoms with Gasteiger partial charge in [0.1, 0.15) is 28.6 Å². The molecule has 0 aliphatic carbocycles. The lowest BCUT2D eigenvalue weighted by atomic mass is 10.2. The SMILES string of the molecule is COc1cc(OCCCCCNc2ccc(F)cc2)c2cc(-c3cn4nc(OC)sc4n3)oc2c1. The summed E-state index contributed by atoms with van der Waals surface area (Å²) in [6.45, 7) is 1.40. The molecule has 0 saturated carbocycles. The zero-order chi connectivity index (χ0) is 24.2. The number of methoxy groups -OCH3 is 2. The standard InChI is InChI=1S/C25H25FN4O4S/c1-31-18-12-21(33-11-5-3-4-10-27-17-8-6-16(26)7-9-17)19-14-23(34-22(19)13-18)20-15-30-24(28-20)35-25(29-30)32-2/h6-9,12-15,27H,3-5,10-11H2,1-2H3. The first-order chi connectivity index (χ1) is 17.1. The molecule has 35 heavy (non-hydrogen) atoms. The predicted octanol–water partition coefficient (Wildman–Crippen LogP) is 6.02. The summed E-state index contributed by atoms with van der Waals surface area (Å²) in [6.07, 6.45) is 4.70. The number of unbranched alkanes of at least 4 members (excludes halogenated alkanes) is 2. The third kappa shape index (κ3) is 5.17. The van der Waals surface area contributed by atoms with Crippen LogP contribution in [0.25, 0.3) is 27.4 Å². The number of anilines is 1. The molecule has 0 spiro atoms. The Labute approximate surface area is 205 Å². The van der Waals surface area contributed by atoms with Crippen molar-refractivity contribution in [3.05, 3.63) is 54.5 Å². The van der Waals surface area contributed by atoms with Gasteiger partial charge >= 0.3 is 0 Å². The van der Waals surface area contributed by atoms with E-state index in [0.29, 0.717) is 40.3 Å². The number of hydrogen-bond acceptors (Lipinski definition) is 8. The molecule has 0 unspecified atom stereocenters. The molecule has 0 fully saturated rings. The Hall–Kier alpha value is -3.79. The first kappa shape index (κ1) is 23.0. The maximum Gasteiger partial charge on any atom is 0.294 e. The van der Waals surface area contributed by atoms with Gasteiger partial charge in [0, 0.05) is 24.4 Å². The van der Waals surface area contributed by atoms with E-state index in [4.69, 9.17) is 18.6 Å². The molecule has 182 valence electrons. The highest BCUT2D eigenvalue weighted by molar-refractivity contribution is 7.18. The van der Waals surface area contributed by atoms with Crippen molar-refractivity contribution >= 4 is 33.0 Å². The van der Waals surface area contributed by atoms with Gasteiger partial charge in [-0.3, -0.25) is 0 Å². The van der Waals surface area contributed by atoms with Crippen molar-refractivity contribution < 1.29 is 23.0 Å². The Kier molecular flexibility index (Phi) is 6.71. The number of fused-ring (bicyclic) bond motifs is 2. The lowest BCUT2D eigenvalue weighted by Crippen LogP contribution is -2.03. The van der Waals surface area contributed by atoms with Crippen LogP contribution in [0, 0.1) is 5.82 Å². The fourth-order valence-corrected chi connectivity index (χ4v) is 4.42. The van der Waals surface area contributed by atoms with E-state index in [1.807, 2.05) is 24.4 Å². The van der Waals surface area contributed by atoms with Crippen molar-refractivity contribution in [2.24, 2.45) is 0 Å². The minimum absolute atomic E-state index is 0.230. The summed E-state index contributed by atoms with van der Waals surface area (Å²) in [5.41, 5.74) is 2.27. The van der Waals surface area contributed by atoms with E-state index in [9.17, 15) is 4.39 Å². The number of rotatable bonds is 11. The van der Waals surface area contributed by atoms with Crippen molar-refractivity contribution in [3.63, 3.8) is 0 Å². The molecule has 1 N–H and O–H groups in total. The second-order valence-electron chi connectivity index (χ2n) is 7.92. The molecule has 0 bridgehead atoms. The molecule has 2 aromatic carbocycles. The number of ether oxygens (including phenoxy) is 3. The van der Waals surface area contributed by atoms with Crippen LogP contribution in [0.15, 0.2) is 53.1 Å². The van der Waals surface area contributed by atoms with Gasteiger partial charge in [-0.1, -0.05) is 0 Å². The summed E-state index contributed by atoms with van der Waals surface area (Å²) in [5, 5.41) is 9.02. The van der Waals surface area contributed by atoms with Crippen molar-refractivity contribution in [1.29, 1.82) is 0 Å². The summed E-state index contributed by atoms with van der Waals surface area (Å²) in [5.74, 6) is 1.77. The Morgan fingerprint density at radius 3 is 2.69 bits per heavy atom. The van der Waals surface area contributed by atoms with Crippen LogP contribution in [0.1, 0.15) is 19.3 Å². The molecule has 0 aliphatic rings. The molecular weight excluding hydrogens is 471 g/mol. The average Bonchev–Trinajstić information content (AvgIpc) is 3.57. The normalized spacial score (nSPS) is 11.3. The van der Waals surface area contributed by atoms with Crippen LogP contribution < -0.4 is 19.5 Å². The van der Waals surface area contributed by atoms with Gasteiger partial charge in [0.2, 0.25) is 4.96 Å². The molecule has 10 heteroatoms. The van der Waals surface area contributed by atoms with Crippen molar-refractivity contribution in [1.82, 2.24) is 14.6 Å². The summed E-state index contributed by atoms with van der Waals surface area (Å²) >= 11 is 1.36. The lowest BCUT2D eigenvalue weighted by Gasteiger charge is -2.09. The van der Waals surface area contributed by atoms with Crippen molar-refractivity contribution in [2.75, 3.05) is 32.7 Å². The third-order valence-corrected chi connectivity index (χ3v) is 6.40. The molecule has 0 aliphatic heterocycles. The van der Waals surface area contributed by atoms with E-state index >= 15 is 0 Å². The number of nitrogens with one attached hydrogen (secondary N) is 1. The first-order valence-electron chi connectivity index (χ1n) is 11.3. The number of aromatic nitrogens is 3. The molecule has 0 atom stereocenters. The summed E-state index contributed by atoms with van der Waals surface area (Å²) in [4.78, 5) is 5.32. The Bertz CT molecular complexity index is 1400. The number of nitrogens with zero attached hydrogens (tertiary/aromatic N) is 3. The highest BCUT2D eigenvalue weighted by Crippen LogP contribution is 2.37. The second kappa shape index (κ2) is 10.2. The molecule has 0 radical (unpaired) electrons. The van der Waals surface area contributed by atoms with Crippen LogP contribution in [0.2, 0.25) is 0 Å². The molecule has 3 aromatic heterocycles. The first-order valence-corrected chi connectivity index (χ1v) is 12.1. The van der Waals surface area contributed by atoms with Crippen molar-refractivity contribution in [2.45, 2.75) is 19.3 Å². The van der Waals surface area contributed by atoms with Crippen LogP contribution in [0.4, 0.5) is 10.1 Å². The van der Waals surface area contributed by atoms with Gasteiger partial charge in [0.25, 0.3) is 5.19 Å². The summed E-state index contributed by atoms with van der Waals surface area (Å²) in [7, 11) is 3.20. The maximum absolute atomic E-state index is 13.0. The van der Waals surface area contributed by atoms with Gasteiger partial charge in [-0.05, 0) is 60.9 Å². The van der Waals surface area contributed by atoms with Crippen LogP contribution in [-0.2, 0) is 0 Å². The maximum atomic E-state index is 13.0. The van der Waals surface area contributed by atoms with Crippen LogP contribution >= 0.6 is 11.3 Å². The number of halogens is 1. The third-order valence-electron chi connectivity index (χ3n) is 5.51. The molecule has 5 rings (SSSR count). The van der Waals surface area contributed by atoms with Gasteiger partial charge < -0.3 is 23.9 Å². The second-order valence-corrected chi connectivity index (χ2v) is 8.83. The predicted molar refractivity (Wildman–Crippen MR) is 133 cm³/mol. The quantitative estimate of drug-likeness (QED) is 0.224. The number of benzene rings is 2. The van der Waals surface area contributed by atoms with Gasteiger partial charge in [0.15, 0.2) is 5.76 Å². The molecule has 3 heterocycles. The van der Waals surface area contributed by atoms with Crippen LogP contribution in [0.5, 0.6) is 16.7 Å². The largest absolute Gasteiger partial charge is 0.496 e. The molecule has 8 nitrogen and oxygen atoms in total. The van der Waals surface area contributed by atoms with E-state index in [-0.39, 0.29) is 5.82 Å². The minimum atomic E-state index is -0.230. The topological polar surface area (TPSA) is 83.1 Å². The highest BCUT2D eigenvalue weighted by atomic mass is 32.1. The van der Waals surface area contributed by atoms with Gasteiger partial charge in [-0.2, -0.15) is 0 Å². The van der Waals surface area contributed by atoms with E-state index in [1.165, 1.54) is 23.5 Å². The molecule has 0 saturated heterocycles. The van der Waals surface area contributed by atoms with Gasteiger partial charge in [-0.25, -0.2) is 13.9 Å². The fourth-order valence-electron chi connectivity index (χ4n) is 3.72. The number of imidazole rings is 1. The van der Waals surface area contributed by atoms with Crippen LogP contribution in [-0.4, -0.2) is 42.0 Å². The Morgan fingerprint density at radius 2 is 1.91 bits per heavy atom. The Morgan fingerprint density at radius 1 is 1.06 bits per heavy atom. The summed E-state index contributed by atoms with van der Waals surface area (Å²) < 4.78 is 37.4. The highest BCUT2D eigenvalue weighted by Gasteiger charge is 2.17. The molecule has 0 amide bonds. The molecular formula is C25H25FN4O4S. The number of furan rings is 1. The molecule has 5 aromatic rings. The van der Waals surface area contributed by atoms with E-state index in [0.717, 1.165) is 41.8 Å². The zero-order valence-electron chi connectivity index (χ0n) is 19.4. The van der Waals surface area contributed by atoms with E-state index in [2.05, 4.69) is 15.4 Å². The Balaban J connectivity index is 1.21. The minimum Gasteiger partial charge on any atom is -0.496 e. The van der Waals surface area contributed by atoms with Gasteiger partial charge in [0.05, 0.1) is 32.4 Å².